The fourth-order valence-electron chi connectivity index (χ4n) is 2.31. The first kappa shape index (κ1) is 16.7. The van der Waals surface area contributed by atoms with Crippen molar-refractivity contribution in [1.82, 2.24) is 25.0 Å². The number of halogens is 3. The average molecular weight is 350 g/mol. The first-order valence-corrected chi connectivity index (χ1v) is 7.33. The Morgan fingerprint density at radius 2 is 2.00 bits per heavy atom. The summed E-state index contributed by atoms with van der Waals surface area (Å²) < 4.78 is 39.1. The smallest absolute Gasteiger partial charge is 0.289 e. The minimum atomic E-state index is -4.66. The van der Waals surface area contributed by atoms with Gasteiger partial charge in [-0.3, -0.25) is 15.2 Å². The van der Waals surface area contributed by atoms with E-state index in [9.17, 15) is 18.0 Å². The van der Waals surface area contributed by atoms with Gasteiger partial charge in [0.25, 0.3) is 5.91 Å². The molecule has 0 aliphatic rings. The van der Waals surface area contributed by atoms with Crippen LogP contribution in [0.15, 0.2) is 36.5 Å². The molecular formula is C15H13F3N6O. The van der Waals surface area contributed by atoms with Gasteiger partial charge in [-0.2, -0.15) is 23.3 Å². The summed E-state index contributed by atoms with van der Waals surface area (Å²) >= 11 is 0. The third kappa shape index (κ3) is 3.37. The molecule has 2 aromatic heterocycles. The molecule has 7 nitrogen and oxygen atoms in total. The van der Waals surface area contributed by atoms with Crippen LogP contribution in [0.3, 0.4) is 0 Å². The van der Waals surface area contributed by atoms with Crippen LogP contribution in [0.1, 0.15) is 28.8 Å². The number of rotatable bonds is 4. The lowest BCUT2D eigenvalue weighted by molar-refractivity contribution is -0.144. The van der Waals surface area contributed by atoms with Crippen molar-refractivity contribution in [2.45, 2.75) is 19.5 Å². The molecule has 1 amide bonds. The van der Waals surface area contributed by atoms with E-state index >= 15 is 0 Å². The molecule has 2 N–H and O–H groups in total. The number of carbonyl (C=O) groups is 1. The summed E-state index contributed by atoms with van der Waals surface area (Å²) in [6, 6.07) is 9.19. The van der Waals surface area contributed by atoms with Crippen LogP contribution in [0.4, 0.5) is 19.1 Å². The molecule has 130 valence electrons. The number of hydrogen-bond acceptors (Lipinski definition) is 4. The Hall–Kier alpha value is -3.17. The maximum absolute atomic E-state index is 12.5. The number of benzene rings is 1. The van der Waals surface area contributed by atoms with Crippen molar-refractivity contribution < 1.29 is 18.0 Å². The normalized spacial score (nSPS) is 11.5. The van der Waals surface area contributed by atoms with Crippen molar-refractivity contribution in [2.75, 3.05) is 5.32 Å². The quantitative estimate of drug-likeness (QED) is 0.757. The molecule has 0 bridgehead atoms. The van der Waals surface area contributed by atoms with Crippen LogP contribution < -0.4 is 5.32 Å². The van der Waals surface area contributed by atoms with Gasteiger partial charge in [0.05, 0.1) is 23.1 Å². The summed E-state index contributed by atoms with van der Waals surface area (Å²) in [6.07, 6.45) is -2.80. The molecule has 3 rings (SSSR count). The number of nitrogens with one attached hydrogen (secondary N) is 2. The van der Waals surface area contributed by atoms with Crippen LogP contribution >= 0.6 is 0 Å². The molecule has 10 heteroatoms. The van der Waals surface area contributed by atoms with E-state index in [0.29, 0.717) is 12.1 Å². The van der Waals surface area contributed by atoms with Crippen LogP contribution in [0.5, 0.6) is 0 Å². The highest BCUT2D eigenvalue weighted by Crippen LogP contribution is 2.26. The zero-order valence-electron chi connectivity index (χ0n) is 13.0. The van der Waals surface area contributed by atoms with Crippen molar-refractivity contribution in [2.24, 2.45) is 0 Å². The van der Waals surface area contributed by atoms with Gasteiger partial charge in [-0.25, -0.2) is 4.68 Å². The van der Waals surface area contributed by atoms with E-state index in [2.05, 4.69) is 20.5 Å². The molecular weight excluding hydrogens is 337 g/mol. The zero-order chi connectivity index (χ0) is 18.0. The predicted octanol–water partition coefficient (Wildman–Crippen LogP) is 2.82. The lowest BCUT2D eigenvalue weighted by Gasteiger charge is -2.07. The van der Waals surface area contributed by atoms with E-state index in [1.807, 2.05) is 37.3 Å². The van der Waals surface area contributed by atoms with E-state index in [1.165, 1.54) is 6.20 Å². The number of nitrogens with zero attached hydrogens (tertiary/aromatic N) is 4. The maximum Gasteiger partial charge on any atom is 0.451 e. The second kappa shape index (κ2) is 6.38. The second-order valence-electron chi connectivity index (χ2n) is 5.07. The van der Waals surface area contributed by atoms with Crippen LogP contribution in [0.2, 0.25) is 0 Å². The number of para-hydroxylation sites is 1. The van der Waals surface area contributed by atoms with Crippen molar-refractivity contribution >= 4 is 11.9 Å². The largest absolute Gasteiger partial charge is 0.451 e. The summed E-state index contributed by atoms with van der Waals surface area (Å²) in [5.74, 6) is -2.36. The van der Waals surface area contributed by atoms with Gasteiger partial charge in [-0.15, -0.1) is 5.10 Å². The molecule has 0 unspecified atom stereocenters. The van der Waals surface area contributed by atoms with Crippen LogP contribution in [0, 0.1) is 0 Å². The van der Waals surface area contributed by atoms with Gasteiger partial charge in [0, 0.05) is 0 Å². The number of hydrogen-bond donors (Lipinski definition) is 2. The highest BCUT2D eigenvalue weighted by molar-refractivity contribution is 6.04. The number of anilines is 1. The number of aromatic nitrogens is 5. The summed E-state index contributed by atoms with van der Waals surface area (Å²) in [5.41, 5.74) is 1.63. The van der Waals surface area contributed by atoms with Crippen molar-refractivity contribution in [3.8, 4) is 5.69 Å². The molecule has 0 fully saturated rings. The molecule has 2 heterocycles. The first-order chi connectivity index (χ1) is 11.9. The fourth-order valence-corrected chi connectivity index (χ4v) is 2.31. The molecule has 0 atom stereocenters. The Morgan fingerprint density at radius 3 is 2.60 bits per heavy atom. The highest BCUT2D eigenvalue weighted by Gasteiger charge is 2.35. The van der Waals surface area contributed by atoms with E-state index < -0.39 is 23.9 Å². The molecule has 3 aromatic rings. The minimum absolute atomic E-state index is 0.240. The first-order valence-electron chi connectivity index (χ1n) is 7.33. The van der Waals surface area contributed by atoms with Crippen LogP contribution in [-0.4, -0.2) is 30.9 Å². The summed E-state index contributed by atoms with van der Waals surface area (Å²) in [5, 5.41) is 11.5. The van der Waals surface area contributed by atoms with Crippen molar-refractivity contribution in [3.63, 3.8) is 0 Å². The molecule has 0 spiro atoms. The van der Waals surface area contributed by atoms with E-state index in [1.54, 1.807) is 9.78 Å². The molecule has 0 saturated carbocycles. The standard InChI is InChI=1S/C15H13F3N6O/c1-2-11-10(8-19-24(11)9-6-4-3-5-7-9)12(25)20-14-21-13(22-23-14)15(16,17)18/h3-8H,2H2,1H3,(H2,20,21,22,23,25). The summed E-state index contributed by atoms with van der Waals surface area (Å²) in [6.45, 7) is 1.85. The lowest BCUT2D eigenvalue weighted by Crippen LogP contribution is -2.15. The molecule has 0 saturated heterocycles. The summed E-state index contributed by atoms with van der Waals surface area (Å²) in [7, 11) is 0. The van der Waals surface area contributed by atoms with E-state index in [4.69, 9.17) is 0 Å². The van der Waals surface area contributed by atoms with Gasteiger partial charge in [0.1, 0.15) is 0 Å². The number of aromatic amines is 1. The average Bonchev–Trinajstić information content (AvgIpc) is 3.21. The lowest BCUT2D eigenvalue weighted by atomic mass is 10.2. The van der Waals surface area contributed by atoms with Crippen LogP contribution in [0.25, 0.3) is 5.69 Å². The second-order valence-corrected chi connectivity index (χ2v) is 5.07. The molecule has 0 aliphatic heterocycles. The van der Waals surface area contributed by atoms with Gasteiger partial charge in [-0.1, -0.05) is 25.1 Å². The number of H-pyrrole nitrogens is 1. The number of alkyl halides is 3. The monoisotopic (exact) mass is 350 g/mol. The predicted molar refractivity (Wildman–Crippen MR) is 82.3 cm³/mol. The topological polar surface area (TPSA) is 88.5 Å². The highest BCUT2D eigenvalue weighted by atomic mass is 19.4. The number of carbonyl (C=O) groups excluding carboxylic acids is 1. The molecule has 0 radical (unpaired) electrons. The van der Waals surface area contributed by atoms with Gasteiger partial charge >= 0.3 is 6.18 Å². The van der Waals surface area contributed by atoms with Gasteiger partial charge < -0.3 is 0 Å². The van der Waals surface area contributed by atoms with E-state index in [-0.39, 0.29) is 5.56 Å². The molecule has 25 heavy (non-hydrogen) atoms. The fraction of sp³-hybridized carbons (Fsp3) is 0.200. The third-order valence-electron chi connectivity index (χ3n) is 3.43. The van der Waals surface area contributed by atoms with Gasteiger partial charge in [0.2, 0.25) is 11.8 Å². The van der Waals surface area contributed by atoms with Gasteiger partial charge in [-0.05, 0) is 18.6 Å². The third-order valence-corrected chi connectivity index (χ3v) is 3.43. The van der Waals surface area contributed by atoms with Crippen molar-refractivity contribution in [1.29, 1.82) is 0 Å². The van der Waals surface area contributed by atoms with E-state index in [0.717, 1.165) is 5.69 Å². The maximum atomic E-state index is 12.5. The van der Waals surface area contributed by atoms with Crippen molar-refractivity contribution in [3.05, 3.63) is 53.6 Å². The Kier molecular flexibility index (Phi) is 4.26. The summed E-state index contributed by atoms with van der Waals surface area (Å²) in [4.78, 5) is 15.6. The zero-order valence-corrected chi connectivity index (χ0v) is 13.0. The SMILES string of the molecule is CCc1c(C(=O)Nc2n[nH]c(C(F)(F)F)n2)cnn1-c1ccccc1. The van der Waals surface area contributed by atoms with Gasteiger partial charge in [0.15, 0.2) is 0 Å². The Bertz CT molecular complexity index is 884. The Balaban J connectivity index is 1.86. The minimum Gasteiger partial charge on any atom is -0.289 e. The number of amides is 1. The molecule has 0 aliphatic carbocycles. The van der Waals surface area contributed by atoms with Crippen LogP contribution in [-0.2, 0) is 12.6 Å². The Morgan fingerprint density at radius 1 is 1.28 bits per heavy atom. The Labute approximate surface area is 139 Å². The molecule has 1 aromatic carbocycles.